The summed E-state index contributed by atoms with van der Waals surface area (Å²) in [5, 5.41) is 0. The predicted octanol–water partition coefficient (Wildman–Crippen LogP) is 3.88. The molecule has 4 rings (SSSR count). The maximum Gasteiger partial charge on any atom is 0.210 e. The molecule has 8 heteroatoms. The molecule has 0 amide bonds. The number of allylic oxidation sites excluding steroid dienone is 4. The highest BCUT2D eigenvalue weighted by Gasteiger charge is 2.31. The number of Topliss-reactive ketones (excluding diaryl/α,β-unsaturated/α-hetero) is 4. The molecule has 0 heterocycles. The van der Waals surface area contributed by atoms with Gasteiger partial charge in [-0.3, -0.25) is 19.2 Å². The molecule has 2 aromatic carbocycles. The molecule has 4 N–H and O–H groups in total. The van der Waals surface area contributed by atoms with Gasteiger partial charge in [-0.1, -0.05) is 36.4 Å². The van der Waals surface area contributed by atoms with Gasteiger partial charge in [0.15, 0.2) is 0 Å². The third kappa shape index (κ3) is 3.46. The van der Waals surface area contributed by atoms with Crippen LogP contribution in [0.25, 0.3) is 0 Å². The van der Waals surface area contributed by atoms with E-state index in [4.69, 9.17) is 11.5 Å². The molecule has 0 fully saturated rings. The monoisotopic (exact) mass is 530 g/mol. The number of nitrogens with two attached hydrogens (primary N) is 2. The molecular weight excluding hydrogens is 516 g/mol. The Morgan fingerprint density at radius 1 is 0.600 bits per heavy atom. The summed E-state index contributed by atoms with van der Waals surface area (Å²) in [6.07, 6.45) is 0. The van der Waals surface area contributed by atoms with Crippen molar-refractivity contribution in [1.82, 2.24) is 0 Å². The van der Waals surface area contributed by atoms with Crippen molar-refractivity contribution in [2.24, 2.45) is 11.5 Å². The second-order valence-corrected chi connectivity index (χ2v) is 8.35. The Hall–Kier alpha value is -2.84. The van der Waals surface area contributed by atoms with Gasteiger partial charge in [-0.25, -0.2) is 0 Å². The number of fused-ring (bicyclic) bond motifs is 2. The number of hydrogen-bond donors (Lipinski definition) is 2. The number of carbonyl (C=O) groups is 4. The molecular formula is C22H16Br2N2O4. The van der Waals surface area contributed by atoms with E-state index >= 15 is 0 Å². The van der Waals surface area contributed by atoms with Gasteiger partial charge in [-0.15, -0.1) is 0 Å². The molecule has 0 bridgehead atoms. The number of rotatable bonds is 0. The SMILES string of the molecule is Cc1cccc2c1C(=O)C(Br)=C(N)C2=O.Cc1cccc2c1C(=O)C(N)=C(Br)C2=O. The van der Waals surface area contributed by atoms with Crippen LogP contribution in [0.5, 0.6) is 0 Å². The van der Waals surface area contributed by atoms with Gasteiger partial charge in [0.25, 0.3) is 0 Å². The predicted molar refractivity (Wildman–Crippen MR) is 120 cm³/mol. The van der Waals surface area contributed by atoms with Crippen molar-refractivity contribution in [3.8, 4) is 0 Å². The fraction of sp³-hybridized carbons (Fsp3) is 0.0909. The van der Waals surface area contributed by atoms with Crippen molar-refractivity contribution < 1.29 is 19.2 Å². The van der Waals surface area contributed by atoms with Crippen LogP contribution in [0.2, 0.25) is 0 Å². The lowest BCUT2D eigenvalue weighted by molar-refractivity contribution is 0.0980. The van der Waals surface area contributed by atoms with Gasteiger partial charge in [0.2, 0.25) is 23.1 Å². The third-order valence-corrected chi connectivity index (χ3v) is 6.42. The lowest BCUT2D eigenvalue weighted by Crippen LogP contribution is -2.25. The van der Waals surface area contributed by atoms with E-state index in [2.05, 4.69) is 31.9 Å². The Kier molecular flexibility index (Phi) is 5.92. The molecule has 0 atom stereocenters. The second kappa shape index (κ2) is 8.12. The van der Waals surface area contributed by atoms with Crippen LogP contribution < -0.4 is 11.5 Å². The first kappa shape index (κ1) is 21.9. The van der Waals surface area contributed by atoms with Crippen molar-refractivity contribution in [2.45, 2.75) is 13.8 Å². The maximum absolute atomic E-state index is 11.9. The highest BCUT2D eigenvalue weighted by Crippen LogP contribution is 2.30. The number of hydrogen-bond acceptors (Lipinski definition) is 6. The molecule has 0 spiro atoms. The summed E-state index contributed by atoms with van der Waals surface area (Å²) in [6.45, 7) is 3.59. The van der Waals surface area contributed by atoms with Crippen LogP contribution in [0.1, 0.15) is 52.6 Å². The second-order valence-electron chi connectivity index (χ2n) is 6.77. The molecule has 0 unspecified atom stereocenters. The van der Waals surface area contributed by atoms with Crippen LogP contribution in [0.4, 0.5) is 0 Å². The lowest BCUT2D eigenvalue weighted by Gasteiger charge is -2.16. The average Bonchev–Trinajstić information content (AvgIpc) is 2.73. The summed E-state index contributed by atoms with van der Waals surface area (Å²) >= 11 is 6.09. The van der Waals surface area contributed by atoms with Gasteiger partial charge in [0, 0.05) is 22.3 Å². The maximum atomic E-state index is 11.9. The van der Waals surface area contributed by atoms with Crippen LogP contribution in [-0.4, -0.2) is 23.1 Å². The molecule has 152 valence electrons. The van der Waals surface area contributed by atoms with Crippen molar-refractivity contribution >= 4 is 55.0 Å². The van der Waals surface area contributed by atoms with Gasteiger partial charge in [-0.2, -0.15) is 0 Å². The first-order valence-electron chi connectivity index (χ1n) is 8.76. The summed E-state index contributed by atoms with van der Waals surface area (Å²) < 4.78 is 0.319. The van der Waals surface area contributed by atoms with E-state index in [1.165, 1.54) is 0 Å². The van der Waals surface area contributed by atoms with Crippen molar-refractivity contribution in [2.75, 3.05) is 0 Å². The molecule has 6 nitrogen and oxygen atoms in total. The number of aryl methyl sites for hydroxylation is 2. The zero-order valence-corrected chi connectivity index (χ0v) is 19.2. The van der Waals surface area contributed by atoms with Crippen molar-refractivity contribution in [1.29, 1.82) is 0 Å². The van der Waals surface area contributed by atoms with Gasteiger partial charge >= 0.3 is 0 Å². The minimum atomic E-state index is -0.292. The number of carbonyl (C=O) groups excluding carboxylic acids is 4. The highest BCUT2D eigenvalue weighted by molar-refractivity contribution is 9.12. The van der Waals surface area contributed by atoms with E-state index < -0.39 is 0 Å². The van der Waals surface area contributed by atoms with E-state index in [1.54, 1.807) is 50.2 Å². The van der Waals surface area contributed by atoms with E-state index in [-0.39, 0.29) is 43.5 Å². The quantitative estimate of drug-likeness (QED) is 0.532. The van der Waals surface area contributed by atoms with Crippen LogP contribution >= 0.6 is 31.9 Å². The average molecular weight is 532 g/mol. The summed E-state index contributed by atoms with van der Waals surface area (Å²) in [5.41, 5.74) is 14.3. The Bertz CT molecular complexity index is 1130. The van der Waals surface area contributed by atoms with Gasteiger partial charge in [0.05, 0.1) is 20.4 Å². The Labute approximate surface area is 189 Å². The van der Waals surface area contributed by atoms with Crippen molar-refractivity contribution in [3.63, 3.8) is 0 Å². The molecule has 0 aliphatic heterocycles. The Morgan fingerprint density at radius 3 is 1.53 bits per heavy atom. The Balaban J connectivity index is 0.000000171. The smallest absolute Gasteiger partial charge is 0.210 e. The molecule has 0 radical (unpaired) electrons. The molecule has 0 saturated heterocycles. The van der Waals surface area contributed by atoms with Crippen LogP contribution in [0, 0.1) is 13.8 Å². The standard InChI is InChI=1S/2C11H8BrNO2/c1-5-3-2-4-6-7(5)11(15)8(12)9(13)10(6)14;1-5-3-2-4-6-7(5)11(15)9(13)8(12)10(6)14/h2*2-4H,13H2,1H3. The highest BCUT2D eigenvalue weighted by atomic mass is 79.9. The number of benzene rings is 2. The van der Waals surface area contributed by atoms with Crippen LogP contribution in [0.3, 0.4) is 0 Å². The fourth-order valence-electron chi connectivity index (χ4n) is 3.27. The van der Waals surface area contributed by atoms with Crippen molar-refractivity contribution in [3.05, 3.63) is 90.1 Å². The van der Waals surface area contributed by atoms with Gasteiger partial charge in [0.1, 0.15) is 0 Å². The molecule has 2 aromatic rings. The lowest BCUT2D eigenvalue weighted by atomic mass is 9.89. The topological polar surface area (TPSA) is 120 Å². The first-order chi connectivity index (χ1) is 14.1. The van der Waals surface area contributed by atoms with E-state index in [1.807, 2.05) is 0 Å². The molecule has 30 heavy (non-hydrogen) atoms. The minimum Gasteiger partial charge on any atom is -0.395 e. The summed E-state index contributed by atoms with van der Waals surface area (Å²) in [6, 6.07) is 10.3. The molecule has 0 saturated carbocycles. The zero-order valence-electron chi connectivity index (χ0n) is 16.0. The largest absolute Gasteiger partial charge is 0.395 e. The normalized spacial score (nSPS) is 15.6. The van der Waals surface area contributed by atoms with E-state index in [9.17, 15) is 19.2 Å². The molecule has 2 aliphatic carbocycles. The molecule has 0 aromatic heterocycles. The van der Waals surface area contributed by atoms with E-state index in [0.29, 0.717) is 22.3 Å². The Morgan fingerprint density at radius 2 is 1.00 bits per heavy atom. The number of ketones is 4. The van der Waals surface area contributed by atoms with Crippen LogP contribution in [-0.2, 0) is 0 Å². The fourth-order valence-corrected chi connectivity index (χ4v) is 4.04. The van der Waals surface area contributed by atoms with E-state index in [0.717, 1.165) is 11.1 Å². The van der Waals surface area contributed by atoms with Gasteiger partial charge < -0.3 is 11.5 Å². The first-order valence-corrected chi connectivity index (χ1v) is 10.3. The third-order valence-electron chi connectivity index (χ3n) is 4.85. The summed E-state index contributed by atoms with van der Waals surface area (Å²) in [5.74, 6) is -1.03. The van der Waals surface area contributed by atoms with Gasteiger partial charge in [-0.05, 0) is 56.8 Å². The zero-order chi connectivity index (χ0) is 22.3. The summed E-state index contributed by atoms with van der Waals surface area (Å²) in [4.78, 5) is 47.2. The summed E-state index contributed by atoms with van der Waals surface area (Å²) in [7, 11) is 0. The molecule has 2 aliphatic rings. The number of halogens is 2. The minimum absolute atomic E-state index is 0.0122. The van der Waals surface area contributed by atoms with Crippen LogP contribution in [0.15, 0.2) is 56.8 Å².